The first-order valence-electron chi connectivity index (χ1n) is 16.6. The normalized spacial score (nSPS) is 27.2. The Bertz CT molecular complexity index is 1280. The van der Waals surface area contributed by atoms with Crippen molar-refractivity contribution in [3.8, 4) is 0 Å². The minimum atomic E-state index is 0. The van der Waals surface area contributed by atoms with E-state index in [9.17, 15) is 0 Å². The van der Waals surface area contributed by atoms with Crippen LogP contribution in [0.5, 0.6) is 0 Å². The summed E-state index contributed by atoms with van der Waals surface area (Å²) in [6.07, 6.45) is 3.76. The molecule has 0 nitrogen and oxygen atoms in total. The monoisotopic (exact) mass is 574 g/mol. The number of fused-ring (bicyclic) bond motifs is 1. The summed E-state index contributed by atoms with van der Waals surface area (Å²) in [7, 11) is 0. The topological polar surface area (TPSA) is 0 Å². The summed E-state index contributed by atoms with van der Waals surface area (Å²) < 4.78 is 0. The van der Waals surface area contributed by atoms with Gasteiger partial charge < -0.3 is 0 Å². The van der Waals surface area contributed by atoms with Crippen LogP contribution in [-0.2, 0) is 6.42 Å². The molecule has 4 rings (SSSR count). The van der Waals surface area contributed by atoms with Gasteiger partial charge >= 0.3 is 0 Å². The Morgan fingerprint density at radius 2 is 1.22 bits per heavy atom. The largest absolute Gasteiger partial charge is 0.197 e. The molecule has 2 aliphatic carbocycles. The van der Waals surface area contributed by atoms with Gasteiger partial charge in [-0.05, 0) is 143 Å². The van der Waals surface area contributed by atoms with Gasteiger partial charge in [-0.3, -0.25) is 0 Å². The molecule has 0 radical (unpaired) electrons. The molecule has 2 aromatic carbocycles. The first-order valence-corrected chi connectivity index (χ1v) is 16.6. The van der Waals surface area contributed by atoms with Crippen LogP contribution >= 0.6 is 13.5 Å². The predicted octanol–water partition coefficient (Wildman–Crippen LogP) is 11.9. The SMILES string of the molecule is Cc1cc(C(C)C(C)C2=Cc3cc(C)c(C4C(C)C(C)C(C)C4C)c(C)c3C2C)c(C(C)C)c(CC(C)C)c1C.S. The average molecular weight is 575 g/mol. The smallest absolute Gasteiger partial charge is 0.00347 e. The Labute approximate surface area is 261 Å². The van der Waals surface area contributed by atoms with Crippen LogP contribution in [0.4, 0.5) is 0 Å². The van der Waals surface area contributed by atoms with Crippen molar-refractivity contribution in [3.05, 3.63) is 73.3 Å². The molecule has 0 spiro atoms. The van der Waals surface area contributed by atoms with Gasteiger partial charge in [-0.25, -0.2) is 0 Å². The number of rotatable bonds is 7. The molecular weight excluding hydrogens is 513 g/mol. The minimum Gasteiger partial charge on any atom is -0.197 e. The number of hydrogen-bond acceptors (Lipinski definition) is 0. The lowest BCUT2D eigenvalue weighted by molar-refractivity contribution is 0.352. The van der Waals surface area contributed by atoms with E-state index in [1.807, 2.05) is 0 Å². The molecule has 2 aliphatic rings. The molecule has 7 unspecified atom stereocenters. The fourth-order valence-electron chi connectivity index (χ4n) is 9.19. The maximum absolute atomic E-state index is 2.59. The third-order valence-corrected chi connectivity index (χ3v) is 12.1. The van der Waals surface area contributed by atoms with E-state index in [1.54, 1.807) is 39.0 Å². The highest BCUT2D eigenvalue weighted by Gasteiger charge is 2.44. The first-order chi connectivity index (χ1) is 18.6. The van der Waals surface area contributed by atoms with E-state index in [4.69, 9.17) is 0 Å². The number of allylic oxidation sites excluding steroid dienone is 1. The molecule has 7 atom stereocenters. The lowest BCUT2D eigenvalue weighted by Crippen LogP contribution is -2.18. The lowest BCUT2D eigenvalue weighted by atomic mass is 9.73. The molecule has 0 aliphatic heterocycles. The first kappa shape index (κ1) is 34.0. The summed E-state index contributed by atoms with van der Waals surface area (Å²) in [5.41, 5.74) is 17.3. The molecule has 0 amide bonds. The van der Waals surface area contributed by atoms with Gasteiger partial charge in [0.1, 0.15) is 0 Å². The Morgan fingerprint density at radius 3 is 1.73 bits per heavy atom. The summed E-state index contributed by atoms with van der Waals surface area (Å²) in [5.74, 6) is 6.40. The molecule has 41 heavy (non-hydrogen) atoms. The van der Waals surface area contributed by atoms with E-state index in [-0.39, 0.29) is 13.5 Å². The zero-order valence-electron chi connectivity index (χ0n) is 29.2. The average Bonchev–Trinajstić information content (AvgIpc) is 3.29. The van der Waals surface area contributed by atoms with Crippen LogP contribution in [0.15, 0.2) is 17.7 Å². The van der Waals surface area contributed by atoms with Crippen LogP contribution in [0.25, 0.3) is 6.08 Å². The highest BCUT2D eigenvalue weighted by molar-refractivity contribution is 7.59. The third-order valence-electron chi connectivity index (χ3n) is 12.1. The van der Waals surface area contributed by atoms with Gasteiger partial charge in [0.05, 0.1) is 0 Å². The summed E-state index contributed by atoms with van der Waals surface area (Å²) in [6.45, 7) is 36.6. The summed E-state index contributed by atoms with van der Waals surface area (Å²) in [4.78, 5) is 0. The van der Waals surface area contributed by atoms with Crippen LogP contribution in [0.2, 0.25) is 0 Å². The summed E-state index contributed by atoms with van der Waals surface area (Å²) in [6, 6.07) is 5.09. The van der Waals surface area contributed by atoms with E-state index in [2.05, 4.69) is 122 Å². The van der Waals surface area contributed by atoms with Crippen molar-refractivity contribution in [1.82, 2.24) is 0 Å². The molecule has 0 heterocycles. The van der Waals surface area contributed by atoms with Crippen molar-refractivity contribution in [3.63, 3.8) is 0 Å². The molecule has 0 bridgehead atoms. The van der Waals surface area contributed by atoms with Gasteiger partial charge in [-0.2, -0.15) is 13.5 Å². The maximum Gasteiger partial charge on any atom is 0.00347 e. The highest BCUT2D eigenvalue weighted by atomic mass is 32.1. The second-order valence-corrected chi connectivity index (χ2v) is 15.2. The Morgan fingerprint density at radius 1 is 0.659 bits per heavy atom. The van der Waals surface area contributed by atoms with Crippen molar-refractivity contribution in [2.45, 2.75) is 134 Å². The zero-order chi connectivity index (χ0) is 30.0. The number of aryl methyl sites for hydroxylation is 2. The van der Waals surface area contributed by atoms with E-state index in [1.165, 1.54) is 28.7 Å². The van der Waals surface area contributed by atoms with Crippen LogP contribution in [0.3, 0.4) is 0 Å². The number of benzene rings is 2. The Balaban J connectivity index is 0.00000462. The summed E-state index contributed by atoms with van der Waals surface area (Å²) in [5, 5.41) is 0. The molecule has 1 fully saturated rings. The van der Waals surface area contributed by atoms with Crippen molar-refractivity contribution in [1.29, 1.82) is 0 Å². The zero-order valence-corrected chi connectivity index (χ0v) is 30.2. The van der Waals surface area contributed by atoms with E-state index in [0.29, 0.717) is 35.5 Å². The number of hydrogen-bond donors (Lipinski definition) is 0. The standard InChI is InChI=1S/C40H60.H2S/c1-20(2)16-35-24(7)22(5)18-36(37(35)21(3)4)28(11)27(10)34-19-33-17-23(6)38(32(15)39(33)31(34)14)40-29(12)25(8)26(9)30(40)13;/h17-21,25-31,40H,16H2,1-15H3;1H2. The van der Waals surface area contributed by atoms with Gasteiger partial charge in [0.2, 0.25) is 0 Å². The fourth-order valence-corrected chi connectivity index (χ4v) is 9.19. The second-order valence-electron chi connectivity index (χ2n) is 15.2. The molecule has 2 aromatic rings. The predicted molar refractivity (Wildman–Crippen MR) is 188 cm³/mol. The Kier molecular flexibility index (Phi) is 10.5. The molecule has 0 aromatic heterocycles. The third kappa shape index (κ3) is 5.75. The van der Waals surface area contributed by atoms with Crippen LogP contribution < -0.4 is 0 Å². The highest BCUT2D eigenvalue weighted by Crippen LogP contribution is 2.55. The van der Waals surface area contributed by atoms with Crippen molar-refractivity contribution >= 4 is 19.6 Å². The van der Waals surface area contributed by atoms with Crippen LogP contribution in [0, 0.1) is 63.2 Å². The minimum absolute atomic E-state index is 0. The molecule has 228 valence electrons. The fraction of sp³-hybridized carbons (Fsp3) is 0.650. The maximum atomic E-state index is 2.59. The quantitative estimate of drug-likeness (QED) is 0.308. The van der Waals surface area contributed by atoms with E-state index >= 15 is 0 Å². The second kappa shape index (κ2) is 12.6. The summed E-state index contributed by atoms with van der Waals surface area (Å²) >= 11 is 0. The van der Waals surface area contributed by atoms with E-state index in [0.717, 1.165) is 23.7 Å². The van der Waals surface area contributed by atoms with Crippen molar-refractivity contribution in [2.24, 2.45) is 35.5 Å². The van der Waals surface area contributed by atoms with Gasteiger partial charge in [0, 0.05) is 5.92 Å². The molecule has 1 saturated carbocycles. The molecule has 0 N–H and O–H groups in total. The van der Waals surface area contributed by atoms with Gasteiger partial charge in [0.15, 0.2) is 0 Å². The van der Waals surface area contributed by atoms with E-state index < -0.39 is 0 Å². The van der Waals surface area contributed by atoms with Crippen molar-refractivity contribution in [2.75, 3.05) is 0 Å². The van der Waals surface area contributed by atoms with Gasteiger partial charge in [-0.15, -0.1) is 0 Å². The van der Waals surface area contributed by atoms with Gasteiger partial charge in [0.25, 0.3) is 0 Å². The molecular formula is C40H62S. The van der Waals surface area contributed by atoms with Gasteiger partial charge in [-0.1, -0.05) is 99.9 Å². The molecule has 0 saturated heterocycles. The van der Waals surface area contributed by atoms with Crippen LogP contribution in [0.1, 0.15) is 155 Å². The van der Waals surface area contributed by atoms with Crippen LogP contribution in [-0.4, -0.2) is 0 Å². The molecule has 1 heteroatoms. The lowest BCUT2D eigenvalue weighted by Gasteiger charge is -2.32. The Hall–Kier alpha value is -1.47. The van der Waals surface area contributed by atoms with Crippen molar-refractivity contribution < 1.29 is 0 Å².